The van der Waals surface area contributed by atoms with Crippen molar-refractivity contribution in [1.82, 2.24) is 4.98 Å². The lowest BCUT2D eigenvalue weighted by molar-refractivity contribution is 0.0957. The van der Waals surface area contributed by atoms with E-state index < -0.39 is 0 Å². The smallest absolute Gasteiger partial charge is 0.263 e. The molecule has 1 aromatic heterocycles. The molecule has 1 unspecified atom stereocenters. The molecule has 1 fully saturated rings. The van der Waals surface area contributed by atoms with E-state index in [-0.39, 0.29) is 11.9 Å². The Bertz CT molecular complexity index is 1010. The number of benzene rings is 2. The van der Waals surface area contributed by atoms with Crippen LogP contribution in [0.5, 0.6) is 5.75 Å². The molecular formula is C27H30N2O2. The average molecular weight is 415 g/mol. The Morgan fingerprint density at radius 3 is 2.42 bits per heavy atom. The second-order valence-corrected chi connectivity index (χ2v) is 8.32. The summed E-state index contributed by atoms with van der Waals surface area (Å²) < 4.78 is 5.54. The van der Waals surface area contributed by atoms with Crippen LogP contribution in [-0.2, 0) is 0 Å². The number of aromatic nitrogens is 1. The van der Waals surface area contributed by atoms with Gasteiger partial charge in [-0.25, -0.2) is 4.98 Å². The lowest BCUT2D eigenvalue weighted by atomic mass is 9.80. The average Bonchev–Trinajstić information content (AvgIpc) is 2.83. The van der Waals surface area contributed by atoms with Crippen LogP contribution in [0.4, 0.5) is 5.82 Å². The number of rotatable bonds is 6. The van der Waals surface area contributed by atoms with Crippen LogP contribution in [0.15, 0.2) is 72.9 Å². The van der Waals surface area contributed by atoms with Crippen molar-refractivity contribution in [2.45, 2.75) is 45.1 Å². The number of amides is 1. The number of para-hydroxylation sites is 1. The molecule has 1 aliphatic rings. The fourth-order valence-corrected chi connectivity index (χ4v) is 4.71. The van der Waals surface area contributed by atoms with E-state index in [1.54, 1.807) is 13.3 Å². The Morgan fingerprint density at radius 1 is 1.00 bits per heavy atom. The van der Waals surface area contributed by atoms with Gasteiger partial charge in [0.15, 0.2) is 0 Å². The molecule has 0 saturated heterocycles. The Hall–Kier alpha value is -3.14. The van der Waals surface area contributed by atoms with Gasteiger partial charge in [-0.15, -0.1) is 0 Å². The zero-order valence-corrected chi connectivity index (χ0v) is 18.3. The summed E-state index contributed by atoms with van der Waals surface area (Å²) in [5.74, 6) is 1.59. The van der Waals surface area contributed by atoms with E-state index >= 15 is 0 Å². The van der Waals surface area contributed by atoms with E-state index in [9.17, 15) is 4.79 Å². The van der Waals surface area contributed by atoms with Gasteiger partial charge in [0.1, 0.15) is 11.6 Å². The first kappa shape index (κ1) is 21.1. The molecule has 0 spiro atoms. The minimum absolute atomic E-state index is 0.0741. The number of carbonyl (C=O) groups is 1. The zero-order chi connectivity index (χ0) is 21.6. The Morgan fingerprint density at radius 2 is 1.71 bits per heavy atom. The molecule has 4 rings (SSSR count). The first-order valence-corrected chi connectivity index (χ1v) is 11.1. The van der Waals surface area contributed by atoms with Gasteiger partial charge in [-0.3, -0.25) is 9.69 Å². The Kier molecular flexibility index (Phi) is 6.66. The lowest BCUT2D eigenvalue weighted by Crippen LogP contribution is -2.40. The van der Waals surface area contributed by atoms with Crippen LogP contribution in [0.25, 0.3) is 0 Å². The molecule has 0 N–H and O–H groups in total. The highest BCUT2D eigenvalue weighted by Crippen LogP contribution is 2.41. The number of aryl methyl sites for hydroxylation is 1. The van der Waals surface area contributed by atoms with E-state index in [2.05, 4.69) is 29.2 Å². The summed E-state index contributed by atoms with van der Waals surface area (Å²) in [5, 5.41) is 0. The number of hydrogen-bond donors (Lipinski definition) is 0. The molecule has 4 heteroatoms. The number of nitrogens with zero attached hydrogens (tertiary/aromatic N) is 2. The topological polar surface area (TPSA) is 42.4 Å². The molecule has 3 aromatic rings. The highest BCUT2D eigenvalue weighted by molar-refractivity contribution is 6.08. The van der Waals surface area contributed by atoms with Gasteiger partial charge in [0.25, 0.3) is 5.91 Å². The van der Waals surface area contributed by atoms with Gasteiger partial charge < -0.3 is 4.74 Å². The van der Waals surface area contributed by atoms with E-state index in [4.69, 9.17) is 4.74 Å². The van der Waals surface area contributed by atoms with Gasteiger partial charge in [0.05, 0.1) is 18.7 Å². The van der Waals surface area contributed by atoms with Crippen LogP contribution >= 0.6 is 0 Å². The van der Waals surface area contributed by atoms with Crippen molar-refractivity contribution in [3.05, 3.63) is 89.6 Å². The number of ether oxygens (including phenoxy) is 1. The quantitative estimate of drug-likeness (QED) is 0.471. The third-order valence-corrected chi connectivity index (χ3v) is 6.22. The van der Waals surface area contributed by atoms with Crippen molar-refractivity contribution in [3.8, 4) is 5.75 Å². The second kappa shape index (κ2) is 9.78. The summed E-state index contributed by atoms with van der Waals surface area (Å²) in [6, 6.07) is 21.8. The van der Waals surface area contributed by atoms with Crippen molar-refractivity contribution >= 4 is 11.7 Å². The normalized spacial score (nSPS) is 15.3. The summed E-state index contributed by atoms with van der Waals surface area (Å²) >= 11 is 0. The van der Waals surface area contributed by atoms with Crippen molar-refractivity contribution < 1.29 is 9.53 Å². The highest BCUT2D eigenvalue weighted by atomic mass is 16.5. The fraction of sp³-hybridized carbons (Fsp3) is 0.333. The summed E-state index contributed by atoms with van der Waals surface area (Å²) in [7, 11) is 1.61. The van der Waals surface area contributed by atoms with Gasteiger partial charge in [0.2, 0.25) is 0 Å². The number of anilines is 1. The van der Waals surface area contributed by atoms with Crippen LogP contribution in [0.3, 0.4) is 0 Å². The third kappa shape index (κ3) is 4.63. The van der Waals surface area contributed by atoms with Crippen molar-refractivity contribution in [2.24, 2.45) is 5.92 Å². The Labute approximate surface area is 184 Å². The molecule has 160 valence electrons. The van der Waals surface area contributed by atoms with Crippen molar-refractivity contribution in [3.63, 3.8) is 0 Å². The van der Waals surface area contributed by atoms with Gasteiger partial charge in [0, 0.05) is 6.20 Å². The van der Waals surface area contributed by atoms with E-state index in [1.807, 2.05) is 54.3 Å². The molecule has 1 heterocycles. The standard InChI is InChI=1S/C27H30N2O2/c1-20-17-18-28-25(19-20)29(27(30)23-15-9-10-16-24(23)31-2)26(21-11-5-3-6-12-21)22-13-7-4-8-14-22/h3,5-6,9-12,15-19,22,26H,4,7-8,13-14H2,1-2H3. The van der Waals surface area contributed by atoms with E-state index in [0.717, 1.165) is 24.0 Å². The van der Waals surface area contributed by atoms with Crippen molar-refractivity contribution in [2.75, 3.05) is 12.0 Å². The molecule has 1 amide bonds. The fourth-order valence-electron chi connectivity index (χ4n) is 4.71. The largest absolute Gasteiger partial charge is 0.496 e. The SMILES string of the molecule is COc1ccccc1C(=O)N(c1cc(C)ccn1)C(c1ccccc1)C1CCCCC1. The minimum Gasteiger partial charge on any atom is -0.496 e. The van der Waals surface area contributed by atoms with E-state index in [1.165, 1.54) is 19.3 Å². The maximum Gasteiger partial charge on any atom is 0.263 e. The first-order chi connectivity index (χ1) is 15.2. The van der Waals surface area contributed by atoms with E-state index in [0.29, 0.717) is 23.0 Å². The highest BCUT2D eigenvalue weighted by Gasteiger charge is 2.36. The summed E-state index contributed by atoms with van der Waals surface area (Å²) in [5.41, 5.74) is 2.80. The molecule has 0 bridgehead atoms. The number of hydrogen-bond acceptors (Lipinski definition) is 3. The second-order valence-electron chi connectivity index (χ2n) is 8.32. The predicted molar refractivity (Wildman–Crippen MR) is 125 cm³/mol. The lowest BCUT2D eigenvalue weighted by Gasteiger charge is -2.39. The molecule has 1 aliphatic carbocycles. The number of pyridine rings is 1. The van der Waals surface area contributed by atoms with Crippen LogP contribution in [0.1, 0.15) is 59.6 Å². The van der Waals surface area contributed by atoms with Crippen LogP contribution in [0.2, 0.25) is 0 Å². The van der Waals surface area contributed by atoms with Crippen LogP contribution in [0, 0.1) is 12.8 Å². The maximum atomic E-state index is 14.1. The molecule has 1 atom stereocenters. The summed E-state index contributed by atoms with van der Waals surface area (Å²) in [6.45, 7) is 2.04. The number of methoxy groups -OCH3 is 1. The number of carbonyl (C=O) groups excluding carboxylic acids is 1. The zero-order valence-electron chi connectivity index (χ0n) is 18.3. The minimum atomic E-state index is -0.0757. The van der Waals surface area contributed by atoms with Crippen molar-refractivity contribution in [1.29, 1.82) is 0 Å². The molecule has 31 heavy (non-hydrogen) atoms. The van der Waals surface area contributed by atoms with Gasteiger partial charge in [-0.05, 0) is 61.1 Å². The van der Waals surface area contributed by atoms with Gasteiger partial charge in [-0.1, -0.05) is 61.7 Å². The van der Waals surface area contributed by atoms with Gasteiger partial charge in [-0.2, -0.15) is 0 Å². The summed E-state index contributed by atoms with van der Waals surface area (Å²) in [4.78, 5) is 20.7. The molecule has 0 radical (unpaired) electrons. The third-order valence-electron chi connectivity index (χ3n) is 6.22. The van der Waals surface area contributed by atoms with Crippen LogP contribution < -0.4 is 9.64 Å². The molecule has 1 saturated carbocycles. The van der Waals surface area contributed by atoms with Gasteiger partial charge >= 0.3 is 0 Å². The maximum absolute atomic E-state index is 14.1. The first-order valence-electron chi connectivity index (χ1n) is 11.1. The summed E-state index contributed by atoms with van der Waals surface area (Å²) in [6.07, 6.45) is 7.68. The molecule has 2 aromatic carbocycles. The predicted octanol–water partition coefficient (Wildman–Crippen LogP) is 6.37. The van der Waals surface area contributed by atoms with Crippen LogP contribution in [-0.4, -0.2) is 18.0 Å². The molecule has 0 aliphatic heterocycles. The molecule has 4 nitrogen and oxygen atoms in total. The monoisotopic (exact) mass is 414 g/mol. The molecular weight excluding hydrogens is 384 g/mol. The Balaban J connectivity index is 1.87.